The van der Waals surface area contributed by atoms with Crippen molar-refractivity contribution in [1.29, 1.82) is 0 Å². The molecule has 1 aromatic rings. The molecule has 1 aliphatic heterocycles. The first kappa shape index (κ1) is 23.1. The van der Waals surface area contributed by atoms with Crippen molar-refractivity contribution in [2.45, 2.75) is 66.3 Å². The molecular weight excluding hydrogens is 376 g/mol. The van der Waals surface area contributed by atoms with Gasteiger partial charge in [-0.15, -0.1) is 0 Å². The molecule has 5 nitrogen and oxygen atoms in total. The summed E-state index contributed by atoms with van der Waals surface area (Å²) in [7, 11) is 0. The number of nitrogens with one attached hydrogen (secondary N) is 1. The Morgan fingerprint density at radius 1 is 1.27 bits per heavy atom. The van der Waals surface area contributed by atoms with Gasteiger partial charge in [0.15, 0.2) is 0 Å². The molecule has 0 spiro atoms. The van der Waals surface area contributed by atoms with Crippen LogP contribution in [-0.4, -0.2) is 55.8 Å². The zero-order valence-corrected chi connectivity index (χ0v) is 19.8. The maximum atomic E-state index is 12.7. The van der Waals surface area contributed by atoms with Crippen LogP contribution in [0.3, 0.4) is 0 Å². The van der Waals surface area contributed by atoms with Gasteiger partial charge in [-0.05, 0) is 88.1 Å². The predicted molar refractivity (Wildman–Crippen MR) is 121 cm³/mol. The van der Waals surface area contributed by atoms with E-state index >= 15 is 0 Å². The lowest BCUT2D eigenvalue weighted by atomic mass is 9.74. The Balaban J connectivity index is 1.67. The fraction of sp³-hybridized carbons (Fsp3) is 0.720. The molecular formula is C25H40N2O3. The highest BCUT2D eigenvalue weighted by Crippen LogP contribution is 2.37. The molecule has 2 aliphatic rings. The molecule has 1 amide bonds. The highest BCUT2D eigenvalue weighted by Gasteiger charge is 2.31. The number of aryl methyl sites for hydroxylation is 1. The maximum absolute atomic E-state index is 12.7. The number of hydrogen-bond acceptors (Lipinski definition) is 4. The summed E-state index contributed by atoms with van der Waals surface area (Å²) in [5.74, 6) is 1.57. The Bertz CT molecular complexity index is 748. The number of benzene rings is 1. The summed E-state index contributed by atoms with van der Waals surface area (Å²) >= 11 is 0. The number of rotatable bonds is 6. The van der Waals surface area contributed by atoms with Gasteiger partial charge < -0.3 is 14.8 Å². The molecule has 30 heavy (non-hydrogen) atoms. The van der Waals surface area contributed by atoms with Crippen molar-refractivity contribution in [3.05, 3.63) is 28.3 Å². The lowest BCUT2D eigenvalue weighted by Gasteiger charge is -2.33. The maximum Gasteiger partial charge on any atom is 0.223 e. The second-order valence-electron chi connectivity index (χ2n) is 10.1. The Morgan fingerprint density at radius 3 is 2.63 bits per heavy atom. The number of morpholine rings is 1. The SMILES string of the molecule is Cc1cc(OCCN2CCOCC2)c(C)c2c1CCC(C(C)C(=O)NC(C)(C)C)C2. The molecule has 1 aliphatic carbocycles. The molecule has 0 saturated carbocycles. The molecule has 2 unspecified atom stereocenters. The first-order valence-corrected chi connectivity index (χ1v) is 11.5. The normalized spacial score (nSPS) is 21.1. The van der Waals surface area contributed by atoms with Crippen molar-refractivity contribution in [1.82, 2.24) is 10.2 Å². The van der Waals surface area contributed by atoms with E-state index in [2.05, 4.69) is 37.1 Å². The summed E-state index contributed by atoms with van der Waals surface area (Å²) in [5.41, 5.74) is 5.26. The summed E-state index contributed by atoms with van der Waals surface area (Å²) in [6, 6.07) is 2.21. The molecule has 2 atom stereocenters. The van der Waals surface area contributed by atoms with E-state index in [1.807, 2.05) is 20.8 Å². The minimum absolute atomic E-state index is 0.0166. The molecule has 1 N–H and O–H groups in total. The Labute approximate surface area is 182 Å². The van der Waals surface area contributed by atoms with Crippen LogP contribution in [0.2, 0.25) is 0 Å². The first-order chi connectivity index (χ1) is 14.2. The van der Waals surface area contributed by atoms with Crippen molar-refractivity contribution in [3.8, 4) is 5.75 Å². The lowest BCUT2D eigenvalue weighted by molar-refractivity contribution is -0.127. The van der Waals surface area contributed by atoms with Gasteiger partial charge in [-0.2, -0.15) is 0 Å². The van der Waals surface area contributed by atoms with E-state index in [0.29, 0.717) is 12.5 Å². The second-order valence-corrected chi connectivity index (χ2v) is 10.1. The number of fused-ring (bicyclic) bond motifs is 1. The van der Waals surface area contributed by atoms with Crippen LogP contribution in [0, 0.1) is 25.7 Å². The van der Waals surface area contributed by atoms with E-state index in [9.17, 15) is 4.79 Å². The molecule has 0 bridgehead atoms. The van der Waals surface area contributed by atoms with Crippen molar-refractivity contribution >= 4 is 5.91 Å². The summed E-state index contributed by atoms with van der Waals surface area (Å²) < 4.78 is 11.7. The minimum Gasteiger partial charge on any atom is -0.492 e. The van der Waals surface area contributed by atoms with Gasteiger partial charge in [-0.3, -0.25) is 9.69 Å². The van der Waals surface area contributed by atoms with Crippen LogP contribution >= 0.6 is 0 Å². The van der Waals surface area contributed by atoms with Crippen LogP contribution in [0.5, 0.6) is 5.75 Å². The van der Waals surface area contributed by atoms with Crippen LogP contribution in [0.25, 0.3) is 0 Å². The lowest BCUT2D eigenvalue weighted by Crippen LogP contribution is -2.45. The molecule has 3 rings (SSSR count). The van der Waals surface area contributed by atoms with Gasteiger partial charge in [-0.25, -0.2) is 0 Å². The third kappa shape index (κ3) is 5.76. The number of ether oxygens (including phenoxy) is 2. The van der Waals surface area contributed by atoms with E-state index in [1.165, 1.54) is 22.3 Å². The van der Waals surface area contributed by atoms with Crippen molar-refractivity contribution in [2.24, 2.45) is 11.8 Å². The minimum atomic E-state index is -0.189. The smallest absolute Gasteiger partial charge is 0.223 e. The van der Waals surface area contributed by atoms with E-state index < -0.39 is 0 Å². The topological polar surface area (TPSA) is 50.8 Å². The van der Waals surface area contributed by atoms with Gasteiger partial charge in [0.05, 0.1) is 13.2 Å². The second kappa shape index (κ2) is 9.69. The Kier molecular flexibility index (Phi) is 7.46. The van der Waals surface area contributed by atoms with Gasteiger partial charge in [-0.1, -0.05) is 6.92 Å². The van der Waals surface area contributed by atoms with Gasteiger partial charge in [0.2, 0.25) is 5.91 Å². The largest absolute Gasteiger partial charge is 0.492 e. The fourth-order valence-electron chi connectivity index (χ4n) is 4.71. The van der Waals surface area contributed by atoms with E-state index in [4.69, 9.17) is 9.47 Å². The molecule has 1 heterocycles. The predicted octanol–water partition coefficient (Wildman–Crippen LogP) is 3.67. The van der Waals surface area contributed by atoms with Crippen LogP contribution in [-0.2, 0) is 22.4 Å². The number of nitrogens with zero attached hydrogens (tertiary/aromatic N) is 1. The number of carbonyl (C=O) groups excluding carboxylic acids is 1. The summed E-state index contributed by atoms with van der Waals surface area (Å²) in [6.45, 7) is 17.8. The van der Waals surface area contributed by atoms with Crippen molar-refractivity contribution in [3.63, 3.8) is 0 Å². The quantitative estimate of drug-likeness (QED) is 0.769. The summed E-state index contributed by atoms with van der Waals surface area (Å²) in [6.07, 6.45) is 3.08. The average Bonchev–Trinajstić information content (AvgIpc) is 2.70. The van der Waals surface area contributed by atoms with Gasteiger partial charge in [0, 0.05) is 31.1 Å². The fourth-order valence-corrected chi connectivity index (χ4v) is 4.71. The average molecular weight is 417 g/mol. The monoisotopic (exact) mass is 416 g/mol. The van der Waals surface area contributed by atoms with E-state index in [1.54, 1.807) is 0 Å². The zero-order valence-electron chi connectivity index (χ0n) is 19.8. The van der Waals surface area contributed by atoms with Gasteiger partial charge in [0.1, 0.15) is 12.4 Å². The first-order valence-electron chi connectivity index (χ1n) is 11.5. The molecule has 0 aromatic heterocycles. The molecule has 1 aromatic carbocycles. The zero-order chi connectivity index (χ0) is 21.9. The van der Waals surface area contributed by atoms with Crippen LogP contribution in [0.4, 0.5) is 0 Å². The van der Waals surface area contributed by atoms with E-state index in [-0.39, 0.29) is 17.4 Å². The van der Waals surface area contributed by atoms with Gasteiger partial charge >= 0.3 is 0 Å². The van der Waals surface area contributed by atoms with Crippen molar-refractivity contribution < 1.29 is 14.3 Å². The molecule has 168 valence electrons. The molecule has 1 fully saturated rings. The Morgan fingerprint density at radius 2 is 1.97 bits per heavy atom. The molecule has 5 heteroatoms. The number of carbonyl (C=O) groups is 1. The van der Waals surface area contributed by atoms with Crippen LogP contribution < -0.4 is 10.1 Å². The highest BCUT2D eigenvalue weighted by molar-refractivity contribution is 5.79. The van der Waals surface area contributed by atoms with Gasteiger partial charge in [0.25, 0.3) is 0 Å². The van der Waals surface area contributed by atoms with Crippen LogP contribution in [0.1, 0.15) is 56.4 Å². The summed E-state index contributed by atoms with van der Waals surface area (Å²) in [4.78, 5) is 15.1. The standard InChI is InChI=1S/C25H40N2O3/c1-17-15-23(30-14-11-27-9-12-29-13-10-27)19(3)22-16-20(7-8-21(17)22)18(2)24(28)26-25(4,5)6/h15,18,20H,7-14,16H2,1-6H3,(H,26,28). The highest BCUT2D eigenvalue weighted by atomic mass is 16.5. The van der Waals surface area contributed by atoms with E-state index in [0.717, 1.165) is 57.9 Å². The van der Waals surface area contributed by atoms with Crippen LogP contribution in [0.15, 0.2) is 6.07 Å². The number of hydrogen-bond donors (Lipinski definition) is 1. The third-order valence-corrected chi connectivity index (χ3v) is 6.63. The van der Waals surface area contributed by atoms with Crippen molar-refractivity contribution in [2.75, 3.05) is 39.5 Å². The molecule has 0 radical (unpaired) electrons. The number of amides is 1. The molecule has 1 saturated heterocycles. The third-order valence-electron chi connectivity index (χ3n) is 6.63. The summed E-state index contributed by atoms with van der Waals surface area (Å²) in [5, 5.41) is 3.16. The Hall–Kier alpha value is -1.59.